The van der Waals surface area contributed by atoms with Crippen LogP contribution < -0.4 is 21.3 Å². The van der Waals surface area contributed by atoms with Gasteiger partial charge in [-0.1, -0.05) is 67.8 Å². The van der Waals surface area contributed by atoms with E-state index in [9.17, 15) is 14.4 Å². The summed E-state index contributed by atoms with van der Waals surface area (Å²) in [4.78, 5) is 45.7. The predicted molar refractivity (Wildman–Crippen MR) is 133 cm³/mol. The van der Waals surface area contributed by atoms with Crippen molar-refractivity contribution >= 4 is 23.4 Å². The molecule has 2 aliphatic heterocycles. The van der Waals surface area contributed by atoms with E-state index in [2.05, 4.69) is 10.6 Å². The van der Waals surface area contributed by atoms with E-state index in [1.807, 2.05) is 59.5 Å². The number of likely N-dealkylation sites (tertiary alicyclic amines) is 1. The highest BCUT2D eigenvalue weighted by molar-refractivity contribution is 6.15. The Morgan fingerprint density at radius 1 is 0.971 bits per heavy atom. The largest absolute Gasteiger partial charge is 0.358 e. The van der Waals surface area contributed by atoms with Crippen LogP contribution in [-0.4, -0.2) is 54.5 Å². The molecule has 0 radical (unpaired) electrons. The van der Waals surface area contributed by atoms with Crippen molar-refractivity contribution in [1.29, 1.82) is 0 Å². The van der Waals surface area contributed by atoms with Crippen LogP contribution in [0.4, 0.5) is 5.69 Å². The molecule has 1 saturated carbocycles. The number of amides is 3. The summed E-state index contributed by atoms with van der Waals surface area (Å²) in [5.74, 6) is -1.17. The molecule has 35 heavy (non-hydrogen) atoms. The van der Waals surface area contributed by atoms with Crippen LogP contribution in [0.1, 0.15) is 43.2 Å². The maximum atomic E-state index is 14.5. The average molecular weight is 476 g/mol. The molecule has 0 aromatic heterocycles. The molecule has 5 rings (SSSR count). The minimum atomic E-state index is -1.76. The smallest absolute Gasteiger partial charge is 0.265 e. The molecule has 3 aliphatic rings. The molecule has 0 spiro atoms. The maximum absolute atomic E-state index is 14.5. The van der Waals surface area contributed by atoms with E-state index in [0.717, 1.165) is 37.7 Å². The summed E-state index contributed by atoms with van der Waals surface area (Å²) in [5.41, 5.74) is 6.13. The molecule has 1 saturated heterocycles. The number of hydrogen-bond acceptors (Lipinski definition) is 5. The van der Waals surface area contributed by atoms with Gasteiger partial charge in [0.05, 0.1) is 0 Å². The highest BCUT2D eigenvalue weighted by Gasteiger charge is 2.79. The van der Waals surface area contributed by atoms with Crippen molar-refractivity contribution in [3.8, 4) is 0 Å². The number of para-hydroxylation sites is 1. The van der Waals surface area contributed by atoms with Gasteiger partial charge in [-0.3, -0.25) is 20.1 Å². The number of nitrogens with two attached hydrogens (primary N) is 1. The second-order valence-corrected chi connectivity index (χ2v) is 9.76. The Morgan fingerprint density at radius 2 is 1.63 bits per heavy atom. The number of carbonyl (C=O) groups is 3. The van der Waals surface area contributed by atoms with Gasteiger partial charge in [0, 0.05) is 32.4 Å². The zero-order chi connectivity index (χ0) is 24.8. The lowest BCUT2D eigenvalue weighted by molar-refractivity contribution is -0.140. The lowest BCUT2D eigenvalue weighted by Crippen LogP contribution is -2.72. The number of likely N-dealkylation sites (N-methyl/N-ethyl adjacent to an activating group) is 2. The van der Waals surface area contributed by atoms with E-state index in [-0.39, 0.29) is 17.9 Å². The number of nitrogens with zero attached hydrogens (tertiary/aromatic N) is 2. The van der Waals surface area contributed by atoms with Gasteiger partial charge in [-0.2, -0.15) is 0 Å². The van der Waals surface area contributed by atoms with E-state index in [4.69, 9.17) is 5.73 Å². The van der Waals surface area contributed by atoms with Crippen molar-refractivity contribution < 1.29 is 14.4 Å². The van der Waals surface area contributed by atoms with Gasteiger partial charge in [0.25, 0.3) is 5.91 Å². The summed E-state index contributed by atoms with van der Waals surface area (Å²) in [6.45, 7) is 0.331. The van der Waals surface area contributed by atoms with E-state index in [0.29, 0.717) is 17.8 Å². The quantitative estimate of drug-likeness (QED) is 0.609. The molecule has 2 heterocycles. The minimum Gasteiger partial charge on any atom is -0.358 e. The van der Waals surface area contributed by atoms with Crippen molar-refractivity contribution in [1.82, 2.24) is 15.5 Å². The lowest BCUT2D eigenvalue weighted by atomic mass is 9.68. The van der Waals surface area contributed by atoms with E-state index >= 15 is 0 Å². The second-order valence-electron chi connectivity index (χ2n) is 9.76. The third-order valence-electron chi connectivity index (χ3n) is 8.13. The Balaban J connectivity index is 1.78. The molecule has 0 bridgehead atoms. The number of anilines is 1. The molecule has 1 aliphatic carbocycles. The highest BCUT2D eigenvalue weighted by Crippen LogP contribution is 2.58. The maximum Gasteiger partial charge on any atom is 0.265 e. The number of nitrogens with one attached hydrogen (secondary N) is 2. The van der Waals surface area contributed by atoms with Crippen LogP contribution in [0, 0.1) is 0 Å². The summed E-state index contributed by atoms with van der Waals surface area (Å²) in [7, 11) is 3.08. The third-order valence-corrected chi connectivity index (χ3v) is 8.13. The van der Waals surface area contributed by atoms with Crippen LogP contribution >= 0.6 is 0 Å². The van der Waals surface area contributed by atoms with Crippen LogP contribution in [0.5, 0.6) is 0 Å². The topological polar surface area (TPSA) is 108 Å². The van der Waals surface area contributed by atoms with Crippen molar-refractivity contribution in [2.45, 2.75) is 61.8 Å². The van der Waals surface area contributed by atoms with Crippen LogP contribution in [0.25, 0.3) is 0 Å². The zero-order valence-electron chi connectivity index (χ0n) is 20.3. The molecule has 2 aromatic rings. The molecular formula is C27H33N5O3. The molecule has 2 aromatic carbocycles. The zero-order valence-corrected chi connectivity index (χ0v) is 20.3. The average Bonchev–Trinajstić information content (AvgIpc) is 3.25. The molecular weight excluding hydrogens is 442 g/mol. The molecule has 4 N–H and O–H groups in total. The first kappa shape index (κ1) is 23.4. The first-order valence-electron chi connectivity index (χ1n) is 12.4. The number of carbonyl (C=O) groups excluding carboxylic acids is 3. The van der Waals surface area contributed by atoms with Gasteiger partial charge in [0.2, 0.25) is 11.8 Å². The molecule has 8 nitrogen and oxygen atoms in total. The molecule has 8 heteroatoms. The Hall–Kier alpha value is -3.39. The summed E-state index contributed by atoms with van der Waals surface area (Å²) in [6, 6.07) is 16.0. The van der Waals surface area contributed by atoms with Crippen LogP contribution in [0.3, 0.4) is 0 Å². The van der Waals surface area contributed by atoms with E-state index in [1.165, 1.54) is 7.05 Å². The second kappa shape index (κ2) is 8.68. The van der Waals surface area contributed by atoms with Gasteiger partial charge in [-0.15, -0.1) is 0 Å². The Bertz CT molecular complexity index is 1150. The fourth-order valence-corrected chi connectivity index (χ4v) is 6.60. The lowest BCUT2D eigenvalue weighted by Gasteiger charge is -2.41. The monoisotopic (exact) mass is 475 g/mol. The van der Waals surface area contributed by atoms with Crippen LogP contribution in [0.2, 0.25) is 0 Å². The summed E-state index contributed by atoms with van der Waals surface area (Å²) < 4.78 is 0. The first-order chi connectivity index (χ1) is 16.9. The predicted octanol–water partition coefficient (Wildman–Crippen LogP) is 1.64. The van der Waals surface area contributed by atoms with E-state index < -0.39 is 23.0 Å². The fourth-order valence-electron chi connectivity index (χ4n) is 6.60. The molecule has 3 atom stereocenters. The summed E-state index contributed by atoms with van der Waals surface area (Å²) in [5, 5.41) is 5.51. The van der Waals surface area contributed by atoms with Crippen LogP contribution in [0.15, 0.2) is 54.6 Å². The minimum absolute atomic E-state index is 0.142. The molecule has 184 valence electrons. The fraction of sp³-hybridized carbons (Fsp3) is 0.444. The number of fused-ring (bicyclic) bond motifs is 3. The standard InChI is InChI=1S/C27H33N5O3/c1-29-23(33)22-26(24(34)30-2)20-15-9-10-16-21(20)31(17-18-11-5-3-6-12-18)27(26,28)25(35)32(22)19-13-7-4-8-14-19/h3,5-6,9-12,15-16,19,22H,4,7-8,13-14,17,28H2,1-2H3,(H,29,33)(H,30,34). The summed E-state index contributed by atoms with van der Waals surface area (Å²) >= 11 is 0. The van der Waals surface area contributed by atoms with Gasteiger partial charge in [0.15, 0.2) is 11.1 Å². The van der Waals surface area contributed by atoms with Crippen LogP contribution in [-0.2, 0) is 26.3 Å². The third kappa shape index (κ3) is 3.05. The summed E-state index contributed by atoms with van der Waals surface area (Å²) in [6.07, 6.45) is 4.63. The normalized spacial score (nSPS) is 28.0. The molecule has 3 unspecified atom stereocenters. The van der Waals surface area contributed by atoms with Gasteiger partial charge in [0.1, 0.15) is 6.04 Å². The van der Waals surface area contributed by atoms with Crippen molar-refractivity contribution in [3.63, 3.8) is 0 Å². The first-order valence-corrected chi connectivity index (χ1v) is 12.4. The van der Waals surface area contributed by atoms with Crippen molar-refractivity contribution in [2.75, 3.05) is 19.0 Å². The Kier molecular flexibility index (Phi) is 5.79. The number of hydrogen-bond donors (Lipinski definition) is 3. The van der Waals surface area contributed by atoms with Gasteiger partial charge in [-0.05, 0) is 30.0 Å². The number of rotatable bonds is 5. The van der Waals surface area contributed by atoms with Crippen molar-refractivity contribution in [3.05, 3.63) is 65.7 Å². The van der Waals surface area contributed by atoms with Gasteiger partial charge >= 0.3 is 0 Å². The van der Waals surface area contributed by atoms with Gasteiger partial charge in [-0.25, -0.2) is 0 Å². The molecule has 3 amide bonds. The van der Waals surface area contributed by atoms with E-state index in [1.54, 1.807) is 11.9 Å². The number of benzene rings is 2. The van der Waals surface area contributed by atoms with Crippen molar-refractivity contribution in [2.24, 2.45) is 5.73 Å². The Labute approximate surface area is 205 Å². The Morgan fingerprint density at radius 3 is 2.29 bits per heavy atom. The SMILES string of the molecule is CNC(=O)C1N(C2CCCCC2)C(=O)C2(N)N(Cc3ccccc3)c3ccccc3C12C(=O)NC. The highest BCUT2D eigenvalue weighted by atomic mass is 16.2. The molecule has 2 fully saturated rings. The van der Waals surface area contributed by atoms with Gasteiger partial charge < -0.3 is 20.4 Å².